The number of rotatable bonds is 11. The summed E-state index contributed by atoms with van der Waals surface area (Å²) in [5, 5.41) is 0. The first-order valence-corrected chi connectivity index (χ1v) is 7.31. The summed E-state index contributed by atoms with van der Waals surface area (Å²) in [4.78, 5) is 0. The van der Waals surface area contributed by atoms with Gasteiger partial charge in [0.15, 0.2) is 0 Å². The van der Waals surface area contributed by atoms with E-state index in [0.717, 1.165) is 11.5 Å². The molecular formula is C12H25S2. The van der Waals surface area contributed by atoms with Gasteiger partial charge in [0.25, 0.3) is 0 Å². The van der Waals surface area contributed by atoms with E-state index in [2.05, 4.69) is 12.6 Å². The summed E-state index contributed by atoms with van der Waals surface area (Å²) in [6.07, 6.45) is 13.8. The van der Waals surface area contributed by atoms with E-state index >= 15 is 0 Å². The molecule has 85 valence electrons. The van der Waals surface area contributed by atoms with Crippen molar-refractivity contribution in [2.24, 2.45) is 0 Å². The van der Waals surface area contributed by atoms with E-state index in [0.29, 0.717) is 0 Å². The highest BCUT2D eigenvalue weighted by atomic mass is 32.1. The Hall–Kier alpha value is 0.700. The molecule has 0 aliphatic heterocycles. The minimum atomic E-state index is 0.948. The second kappa shape index (κ2) is 13.7. The molecule has 0 nitrogen and oxygen atoms in total. The van der Waals surface area contributed by atoms with Crippen LogP contribution in [0.5, 0.6) is 0 Å². The zero-order valence-corrected chi connectivity index (χ0v) is 11.1. The average Bonchev–Trinajstić information content (AvgIpc) is 2.21. The lowest BCUT2D eigenvalue weighted by molar-refractivity contribution is 0.564. The number of hydrogen-bond acceptors (Lipinski definition) is 1. The molecule has 0 amide bonds. The van der Waals surface area contributed by atoms with Crippen LogP contribution >= 0.6 is 25.3 Å². The molecule has 0 fully saturated rings. The average molecular weight is 233 g/mol. The highest BCUT2D eigenvalue weighted by Crippen LogP contribution is 2.10. The Morgan fingerprint density at radius 2 is 0.929 bits per heavy atom. The summed E-state index contributed by atoms with van der Waals surface area (Å²) in [5.74, 6) is 2.00. The van der Waals surface area contributed by atoms with Gasteiger partial charge in [0.2, 0.25) is 0 Å². The maximum absolute atomic E-state index is 4.91. The largest absolute Gasteiger partial charge is 0.179 e. The van der Waals surface area contributed by atoms with Gasteiger partial charge in [0.1, 0.15) is 0 Å². The molecule has 0 heterocycles. The predicted octanol–water partition coefficient (Wildman–Crippen LogP) is 5.01. The standard InChI is InChI=1S/C12H25S2/c13-11-9-7-5-3-1-2-4-6-8-10-12-14/h13H,1-12H2. The number of thiol groups is 1. The van der Waals surface area contributed by atoms with Gasteiger partial charge in [-0.2, -0.15) is 12.6 Å². The van der Waals surface area contributed by atoms with Gasteiger partial charge in [0, 0.05) is 5.75 Å². The molecule has 2 heteroatoms. The molecule has 0 aromatic rings. The van der Waals surface area contributed by atoms with Crippen LogP contribution < -0.4 is 0 Å². The van der Waals surface area contributed by atoms with E-state index in [1.807, 2.05) is 0 Å². The molecule has 0 aliphatic rings. The van der Waals surface area contributed by atoms with E-state index in [9.17, 15) is 0 Å². The summed E-state index contributed by atoms with van der Waals surface area (Å²) >= 11 is 9.11. The van der Waals surface area contributed by atoms with Crippen LogP contribution in [0, 0.1) is 0 Å². The fraction of sp³-hybridized carbons (Fsp3) is 1.00. The fourth-order valence-corrected chi connectivity index (χ4v) is 2.06. The second-order valence-corrected chi connectivity index (χ2v) is 4.82. The summed E-state index contributed by atoms with van der Waals surface area (Å²) in [6.45, 7) is 0. The van der Waals surface area contributed by atoms with Crippen LogP contribution in [0.1, 0.15) is 64.2 Å². The zero-order valence-electron chi connectivity index (χ0n) is 9.34. The summed E-state index contributed by atoms with van der Waals surface area (Å²) in [6, 6.07) is 0. The predicted molar refractivity (Wildman–Crippen MR) is 72.5 cm³/mol. The Kier molecular flexibility index (Phi) is 14.4. The molecule has 0 aromatic heterocycles. The van der Waals surface area contributed by atoms with Crippen molar-refractivity contribution >= 4 is 25.3 Å². The van der Waals surface area contributed by atoms with Crippen molar-refractivity contribution in [3.05, 3.63) is 0 Å². The van der Waals surface area contributed by atoms with E-state index in [1.54, 1.807) is 0 Å². The van der Waals surface area contributed by atoms with Gasteiger partial charge in [-0.25, -0.2) is 0 Å². The van der Waals surface area contributed by atoms with Crippen molar-refractivity contribution in [2.75, 3.05) is 11.5 Å². The normalized spacial score (nSPS) is 10.7. The maximum atomic E-state index is 4.91. The molecular weight excluding hydrogens is 208 g/mol. The second-order valence-electron chi connectivity index (χ2n) is 3.96. The third kappa shape index (κ3) is 12.7. The summed E-state index contributed by atoms with van der Waals surface area (Å²) in [5.41, 5.74) is 0. The van der Waals surface area contributed by atoms with Crippen LogP contribution in [0.4, 0.5) is 0 Å². The summed E-state index contributed by atoms with van der Waals surface area (Å²) in [7, 11) is 0. The van der Waals surface area contributed by atoms with Gasteiger partial charge in [-0.3, -0.25) is 0 Å². The first-order chi connectivity index (χ1) is 6.91. The Morgan fingerprint density at radius 3 is 1.29 bits per heavy atom. The maximum Gasteiger partial charge on any atom is 0.00369 e. The van der Waals surface area contributed by atoms with Crippen molar-refractivity contribution in [1.29, 1.82) is 0 Å². The lowest BCUT2D eigenvalue weighted by Crippen LogP contribution is -1.83. The van der Waals surface area contributed by atoms with Crippen LogP contribution in [0.15, 0.2) is 0 Å². The van der Waals surface area contributed by atoms with E-state index in [4.69, 9.17) is 12.6 Å². The quantitative estimate of drug-likeness (QED) is 0.376. The van der Waals surface area contributed by atoms with E-state index in [-0.39, 0.29) is 0 Å². The van der Waals surface area contributed by atoms with Crippen molar-refractivity contribution in [1.82, 2.24) is 0 Å². The van der Waals surface area contributed by atoms with Gasteiger partial charge in [0.05, 0.1) is 0 Å². The molecule has 0 unspecified atom stereocenters. The Labute approximate surface area is 101 Å². The SMILES string of the molecule is [S]CCCCCCCCCCCCS. The van der Waals surface area contributed by atoms with Crippen LogP contribution in [0.25, 0.3) is 0 Å². The number of hydrogen-bond donors (Lipinski definition) is 1. The molecule has 0 atom stereocenters. The smallest absolute Gasteiger partial charge is 0.00369 e. The summed E-state index contributed by atoms with van der Waals surface area (Å²) < 4.78 is 0. The fourth-order valence-electron chi connectivity index (χ4n) is 1.63. The van der Waals surface area contributed by atoms with Gasteiger partial charge in [-0.15, -0.1) is 0 Å². The first-order valence-electron chi connectivity index (χ1n) is 6.10. The zero-order chi connectivity index (χ0) is 10.5. The first kappa shape index (κ1) is 14.7. The highest BCUT2D eigenvalue weighted by molar-refractivity contribution is 7.80. The van der Waals surface area contributed by atoms with Crippen LogP contribution in [-0.4, -0.2) is 11.5 Å². The van der Waals surface area contributed by atoms with Crippen LogP contribution in [0.2, 0.25) is 0 Å². The third-order valence-electron chi connectivity index (χ3n) is 2.55. The van der Waals surface area contributed by atoms with Crippen molar-refractivity contribution < 1.29 is 0 Å². The lowest BCUT2D eigenvalue weighted by atomic mass is 10.1. The van der Waals surface area contributed by atoms with Crippen LogP contribution in [-0.2, 0) is 0 Å². The molecule has 0 saturated carbocycles. The molecule has 0 saturated heterocycles. The van der Waals surface area contributed by atoms with Crippen molar-refractivity contribution in [3.8, 4) is 0 Å². The van der Waals surface area contributed by atoms with Gasteiger partial charge < -0.3 is 0 Å². The van der Waals surface area contributed by atoms with Crippen LogP contribution in [0.3, 0.4) is 0 Å². The highest BCUT2D eigenvalue weighted by Gasteiger charge is 1.91. The molecule has 14 heavy (non-hydrogen) atoms. The minimum Gasteiger partial charge on any atom is -0.179 e. The molecule has 0 aliphatic carbocycles. The third-order valence-corrected chi connectivity index (χ3v) is 3.16. The lowest BCUT2D eigenvalue weighted by Gasteiger charge is -2.01. The van der Waals surface area contributed by atoms with E-state index < -0.39 is 0 Å². The molecule has 0 aromatic carbocycles. The Bertz CT molecular complexity index is 82.3. The minimum absolute atomic E-state index is 0.948. The number of unbranched alkanes of at least 4 members (excludes halogenated alkanes) is 9. The Morgan fingerprint density at radius 1 is 0.571 bits per heavy atom. The van der Waals surface area contributed by atoms with Crippen molar-refractivity contribution in [3.63, 3.8) is 0 Å². The van der Waals surface area contributed by atoms with Gasteiger partial charge in [-0.05, 0) is 18.6 Å². The van der Waals surface area contributed by atoms with Gasteiger partial charge in [-0.1, -0.05) is 64.0 Å². The van der Waals surface area contributed by atoms with E-state index in [1.165, 1.54) is 64.2 Å². The molecule has 0 spiro atoms. The Balaban J connectivity index is 2.78. The van der Waals surface area contributed by atoms with Crippen molar-refractivity contribution in [2.45, 2.75) is 64.2 Å². The molecule has 0 rings (SSSR count). The molecule has 0 bridgehead atoms. The monoisotopic (exact) mass is 233 g/mol. The van der Waals surface area contributed by atoms with Gasteiger partial charge >= 0.3 is 0 Å². The molecule has 1 radical (unpaired) electrons. The topological polar surface area (TPSA) is 0 Å². The molecule has 0 N–H and O–H groups in total.